The summed E-state index contributed by atoms with van der Waals surface area (Å²) in [7, 11) is 0. The van der Waals surface area contributed by atoms with Gasteiger partial charge in [0.05, 0.1) is 5.56 Å². The third kappa shape index (κ3) is 8.07. The van der Waals surface area contributed by atoms with Crippen LogP contribution in [0.3, 0.4) is 0 Å². The fourth-order valence-electron chi connectivity index (χ4n) is 0.969. The van der Waals surface area contributed by atoms with Crippen LogP contribution in [0.25, 0.3) is 0 Å². The average molecular weight is 422 g/mol. The normalized spacial score (nSPS) is 9.06. The molecule has 0 saturated carbocycles. The van der Waals surface area contributed by atoms with Gasteiger partial charge in [-0.25, -0.2) is 0 Å². The van der Waals surface area contributed by atoms with Gasteiger partial charge in [0, 0.05) is 0 Å². The van der Waals surface area contributed by atoms with Crippen LogP contribution >= 0.6 is 0 Å². The van der Waals surface area contributed by atoms with Crippen LogP contribution in [-0.4, -0.2) is 0 Å². The number of halogens is 3. The molecule has 0 fully saturated rings. The van der Waals surface area contributed by atoms with Crippen molar-refractivity contribution in [3.8, 4) is 0 Å². The smallest absolute Gasteiger partial charge is 0.358 e. The van der Waals surface area contributed by atoms with Crippen LogP contribution < -0.4 is 0 Å². The molecule has 0 nitrogen and oxygen atoms in total. The van der Waals surface area contributed by atoms with Gasteiger partial charge in [-0.05, 0) is 0 Å². The first-order valence-electron chi connectivity index (χ1n) is 4.64. The molecule has 0 unspecified atom stereocenters. The molecule has 2 aromatic carbocycles. The van der Waals surface area contributed by atoms with Crippen LogP contribution in [0.1, 0.15) is 5.56 Å². The van der Waals surface area contributed by atoms with E-state index in [-0.39, 0.29) is 28.5 Å². The van der Waals surface area contributed by atoms with Gasteiger partial charge in [0.1, 0.15) is 0 Å². The Morgan fingerprint density at radius 1 is 0.778 bits per heavy atom. The maximum Gasteiger partial charge on any atom is 2.00 e. The third-order valence-electron chi connectivity index (χ3n) is 1.71. The Morgan fingerprint density at radius 2 is 1.22 bits per heavy atom. The Bertz CT molecular complexity index is 358. The predicted octanol–water partition coefficient (Wildman–Crippen LogP) is 4.64. The van der Waals surface area contributed by atoms with E-state index in [1.54, 1.807) is 6.07 Å². The van der Waals surface area contributed by atoms with Crippen LogP contribution in [0.5, 0.6) is 0 Å². The van der Waals surface area contributed by atoms with Crippen molar-refractivity contribution >= 4 is 0 Å². The van der Waals surface area contributed by atoms with Crippen LogP contribution in [-0.2, 0) is 27.2 Å². The predicted molar refractivity (Wildman–Crippen MR) is 63.1 cm³/mol. The molecule has 4 heteroatoms. The SMILES string of the molecule is FC(F)(F)c1ccccc1.[CH3-].[W+2].[c-]1ccccc1. The quantitative estimate of drug-likeness (QED) is 0.543. The van der Waals surface area contributed by atoms with E-state index in [4.69, 9.17) is 0 Å². The molecule has 0 spiro atoms. The molecule has 0 aliphatic heterocycles. The van der Waals surface area contributed by atoms with E-state index in [0.29, 0.717) is 0 Å². The first-order chi connectivity index (χ1) is 7.61. The molecule has 0 aliphatic rings. The van der Waals surface area contributed by atoms with E-state index in [1.165, 1.54) is 12.1 Å². The third-order valence-corrected chi connectivity index (χ3v) is 1.71. The van der Waals surface area contributed by atoms with Gasteiger partial charge in [0.2, 0.25) is 0 Å². The second kappa shape index (κ2) is 9.90. The van der Waals surface area contributed by atoms with E-state index in [2.05, 4.69) is 6.07 Å². The van der Waals surface area contributed by atoms with Crippen LogP contribution in [0.15, 0.2) is 60.7 Å². The van der Waals surface area contributed by atoms with Gasteiger partial charge in [0.25, 0.3) is 0 Å². The molecule has 0 radical (unpaired) electrons. The molecule has 96 valence electrons. The van der Waals surface area contributed by atoms with Gasteiger partial charge in [0.15, 0.2) is 0 Å². The summed E-state index contributed by atoms with van der Waals surface area (Å²) < 4.78 is 35.4. The summed E-state index contributed by atoms with van der Waals surface area (Å²) in [6, 6.07) is 18.9. The van der Waals surface area contributed by atoms with Crippen molar-refractivity contribution in [1.29, 1.82) is 0 Å². The van der Waals surface area contributed by atoms with Crippen molar-refractivity contribution in [2.45, 2.75) is 6.18 Å². The van der Waals surface area contributed by atoms with Crippen molar-refractivity contribution < 1.29 is 34.2 Å². The minimum absolute atomic E-state index is 0. The van der Waals surface area contributed by atoms with Crippen molar-refractivity contribution in [1.82, 2.24) is 0 Å². The number of benzene rings is 2. The second-order valence-corrected chi connectivity index (χ2v) is 2.94. The van der Waals surface area contributed by atoms with Gasteiger partial charge in [-0.2, -0.15) is 49.6 Å². The van der Waals surface area contributed by atoms with Crippen molar-refractivity contribution in [3.63, 3.8) is 0 Å². The molecule has 2 aromatic rings. The summed E-state index contributed by atoms with van der Waals surface area (Å²) in [6.07, 6.45) is -4.21. The molecule has 0 aliphatic carbocycles. The first-order valence-corrected chi connectivity index (χ1v) is 4.64. The fraction of sp³-hybridized carbons (Fsp3) is 0.0714. The van der Waals surface area contributed by atoms with Gasteiger partial charge in [-0.1, -0.05) is 30.3 Å². The molecule has 2 rings (SSSR count). The average Bonchev–Trinajstić information content (AvgIpc) is 2.32. The molecule has 0 atom stereocenters. The summed E-state index contributed by atoms with van der Waals surface area (Å²) in [5.41, 5.74) is -0.602. The Balaban J connectivity index is 0. The minimum atomic E-state index is -4.21. The fourth-order valence-corrected chi connectivity index (χ4v) is 0.969. The van der Waals surface area contributed by atoms with Gasteiger partial charge in [-0.3, -0.25) is 0 Å². The van der Waals surface area contributed by atoms with Crippen LogP contribution in [0.4, 0.5) is 13.2 Å². The minimum Gasteiger partial charge on any atom is -0.358 e. The zero-order chi connectivity index (χ0) is 11.9. The van der Waals surface area contributed by atoms with E-state index >= 15 is 0 Å². The monoisotopic (exact) mass is 422 g/mol. The van der Waals surface area contributed by atoms with E-state index in [0.717, 1.165) is 12.1 Å². The molecular weight excluding hydrogens is 409 g/mol. The second-order valence-electron chi connectivity index (χ2n) is 2.94. The zero-order valence-electron chi connectivity index (χ0n) is 9.82. The summed E-state index contributed by atoms with van der Waals surface area (Å²) in [4.78, 5) is 0. The Morgan fingerprint density at radius 3 is 1.44 bits per heavy atom. The zero-order valence-corrected chi connectivity index (χ0v) is 12.7. The van der Waals surface area contributed by atoms with E-state index in [9.17, 15) is 13.2 Å². The van der Waals surface area contributed by atoms with Crippen molar-refractivity contribution in [2.24, 2.45) is 0 Å². The van der Waals surface area contributed by atoms with Crippen molar-refractivity contribution in [2.75, 3.05) is 0 Å². The molecular formula is C14H13F3W. The van der Waals surface area contributed by atoms with Gasteiger partial charge in [-0.15, -0.1) is 0 Å². The topological polar surface area (TPSA) is 0 Å². The summed E-state index contributed by atoms with van der Waals surface area (Å²) >= 11 is 0. The molecule has 0 aromatic heterocycles. The molecule has 0 bridgehead atoms. The maximum atomic E-state index is 11.8. The molecule has 0 amide bonds. The molecule has 0 heterocycles. The van der Waals surface area contributed by atoms with Gasteiger partial charge >= 0.3 is 27.2 Å². The Labute approximate surface area is 120 Å². The van der Waals surface area contributed by atoms with Gasteiger partial charge < -0.3 is 7.43 Å². The molecule has 0 N–H and O–H groups in total. The number of hydrogen-bond acceptors (Lipinski definition) is 0. The summed E-state index contributed by atoms with van der Waals surface area (Å²) in [5, 5.41) is 0. The summed E-state index contributed by atoms with van der Waals surface area (Å²) in [5.74, 6) is 0. The molecule has 0 saturated heterocycles. The number of hydrogen-bond donors (Lipinski definition) is 0. The standard InChI is InChI=1S/C7H5F3.C6H5.CH3.W/c8-7(9,10)6-4-2-1-3-5-6;1-2-4-6-5-3-1;;/h1-5H;1-5H;1H3;/q;2*-1;+2. The summed E-state index contributed by atoms with van der Waals surface area (Å²) in [6.45, 7) is 0. The largest absolute Gasteiger partial charge is 2.00 e. The Hall–Kier alpha value is -1.08. The van der Waals surface area contributed by atoms with Crippen molar-refractivity contribution in [3.05, 3.63) is 79.7 Å². The Kier molecular flexibility index (Phi) is 10.6. The van der Waals surface area contributed by atoms with E-state index < -0.39 is 11.7 Å². The van der Waals surface area contributed by atoms with E-state index in [1.807, 2.05) is 30.3 Å². The number of alkyl halides is 3. The van der Waals surface area contributed by atoms with Crippen LogP contribution in [0, 0.1) is 13.5 Å². The maximum absolute atomic E-state index is 11.8. The first kappa shape index (κ1) is 19.3. The number of rotatable bonds is 0. The molecule has 18 heavy (non-hydrogen) atoms. The van der Waals surface area contributed by atoms with Crippen LogP contribution in [0.2, 0.25) is 0 Å².